The Balaban J connectivity index is 2.56. The van der Waals surface area contributed by atoms with Gasteiger partial charge >= 0.3 is 0 Å². The molecule has 2 aromatic carbocycles. The van der Waals surface area contributed by atoms with E-state index >= 15 is 0 Å². The van der Waals surface area contributed by atoms with Gasteiger partial charge in [-0.3, -0.25) is 0 Å². The SMILES string of the molecule is N#CC(C#N)=Cc1ccccc1-c1cccc(CO)c1. The number of allylic oxidation sites excluding steroid dienone is 1. The van der Waals surface area contributed by atoms with E-state index in [1.165, 1.54) is 0 Å². The molecule has 0 unspecified atom stereocenters. The fourth-order valence-electron chi connectivity index (χ4n) is 1.97. The lowest BCUT2D eigenvalue weighted by Crippen LogP contribution is -1.87. The number of rotatable bonds is 3. The van der Waals surface area contributed by atoms with Gasteiger partial charge in [0.1, 0.15) is 17.7 Å². The van der Waals surface area contributed by atoms with Crippen LogP contribution >= 0.6 is 0 Å². The summed E-state index contributed by atoms with van der Waals surface area (Å²) in [5.41, 5.74) is 3.56. The number of nitriles is 2. The van der Waals surface area contributed by atoms with Crippen LogP contribution in [0.5, 0.6) is 0 Å². The zero-order valence-corrected chi connectivity index (χ0v) is 10.7. The van der Waals surface area contributed by atoms with E-state index in [0.717, 1.165) is 22.3 Å². The van der Waals surface area contributed by atoms with Crippen molar-refractivity contribution < 1.29 is 5.11 Å². The van der Waals surface area contributed by atoms with Gasteiger partial charge in [-0.2, -0.15) is 10.5 Å². The Morgan fingerprint density at radius 3 is 2.50 bits per heavy atom. The molecule has 0 amide bonds. The maximum absolute atomic E-state index is 9.20. The van der Waals surface area contributed by atoms with Crippen molar-refractivity contribution in [3.8, 4) is 23.3 Å². The predicted molar refractivity (Wildman–Crippen MR) is 77.0 cm³/mol. The van der Waals surface area contributed by atoms with Crippen LogP contribution < -0.4 is 0 Å². The molecular formula is C17H12N2O. The summed E-state index contributed by atoms with van der Waals surface area (Å²) >= 11 is 0. The van der Waals surface area contributed by atoms with Crippen molar-refractivity contribution in [1.29, 1.82) is 10.5 Å². The smallest absolute Gasteiger partial charge is 0.130 e. The highest BCUT2D eigenvalue weighted by Gasteiger charge is 2.04. The lowest BCUT2D eigenvalue weighted by atomic mass is 9.97. The van der Waals surface area contributed by atoms with Crippen LogP contribution in [0.4, 0.5) is 0 Å². The van der Waals surface area contributed by atoms with Crippen molar-refractivity contribution in [3.05, 3.63) is 65.2 Å². The molecule has 0 saturated carbocycles. The Morgan fingerprint density at radius 1 is 1.05 bits per heavy atom. The molecule has 0 radical (unpaired) electrons. The Bertz CT molecular complexity index is 717. The first-order valence-corrected chi connectivity index (χ1v) is 6.09. The molecule has 3 heteroatoms. The van der Waals surface area contributed by atoms with Crippen molar-refractivity contribution in [3.63, 3.8) is 0 Å². The fraction of sp³-hybridized carbons (Fsp3) is 0.0588. The molecule has 2 aromatic rings. The molecule has 0 aliphatic carbocycles. The molecule has 0 atom stereocenters. The molecule has 0 saturated heterocycles. The number of nitrogens with zero attached hydrogens (tertiary/aromatic N) is 2. The Kier molecular flexibility index (Phi) is 4.29. The van der Waals surface area contributed by atoms with Crippen LogP contribution in [0.15, 0.2) is 54.1 Å². The minimum atomic E-state index is -0.0203. The third-order valence-corrected chi connectivity index (χ3v) is 2.92. The van der Waals surface area contributed by atoms with Crippen molar-refractivity contribution in [1.82, 2.24) is 0 Å². The molecule has 20 heavy (non-hydrogen) atoms. The topological polar surface area (TPSA) is 67.8 Å². The normalized spacial score (nSPS) is 9.35. The summed E-state index contributed by atoms with van der Waals surface area (Å²) in [7, 11) is 0. The van der Waals surface area contributed by atoms with Gasteiger partial charge in [-0.25, -0.2) is 0 Å². The van der Waals surface area contributed by atoms with Gasteiger partial charge in [0.05, 0.1) is 6.61 Å². The number of hydrogen-bond acceptors (Lipinski definition) is 3. The van der Waals surface area contributed by atoms with Crippen LogP contribution in [0.1, 0.15) is 11.1 Å². The van der Waals surface area contributed by atoms with Crippen molar-refractivity contribution in [2.75, 3.05) is 0 Å². The summed E-state index contributed by atoms with van der Waals surface area (Å²) in [4.78, 5) is 0. The summed E-state index contributed by atoms with van der Waals surface area (Å²) in [6, 6.07) is 18.8. The van der Waals surface area contributed by atoms with Gasteiger partial charge in [0, 0.05) is 0 Å². The summed E-state index contributed by atoms with van der Waals surface area (Å²) in [6.07, 6.45) is 1.57. The van der Waals surface area contributed by atoms with Crippen molar-refractivity contribution in [2.24, 2.45) is 0 Å². The van der Waals surface area contributed by atoms with E-state index in [1.807, 2.05) is 60.7 Å². The third-order valence-electron chi connectivity index (χ3n) is 2.92. The monoisotopic (exact) mass is 260 g/mol. The highest BCUT2D eigenvalue weighted by atomic mass is 16.3. The second kappa shape index (κ2) is 6.33. The largest absolute Gasteiger partial charge is 0.392 e. The van der Waals surface area contributed by atoms with E-state index in [4.69, 9.17) is 10.5 Å². The van der Waals surface area contributed by atoms with Gasteiger partial charge in [-0.1, -0.05) is 42.5 Å². The lowest BCUT2D eigenvalue weighted by Gasteiger charge is -2.07. The molecule has 2 rings (SSSR count). The quantitative estimate of drug-likeness (QED) is 0.861. The van der Waals surface area contributed by atoms with E-state index in [9.17, 15) is 5.11 Å². The van der Waals surface area contributed by atoms with Crippen molar-refractivity contribution >= 4 is 6.08 Å². The zero-order chi connectivity index (χ0) is 14.4. The van der Waals surface area contributed by atoms with E-state index in [0.29, 0.717) is 0 Å². The second-order valence-electron chi connectivity index (χ2n) is 4.23. The van der Waals surface area contributed by atoms with Crippen LogP contribution in [0.3, 0.4) is 0 Å². The number of hydrogen-bond donors (Lipinski definition) is 1. The van der Waals surface area contributed by atoms with Crippen LogP contribution in [-0.2, 0) is 6.61 Å². The number of aliphatic hydroxyl groups is 1. The molecule has 0 heterocycles. The standard InChI is InChI=1S/C17H12N2O/c18-10-14(11-19)9-15-5-1-2-7-17(15)16-6-3-4-13(8-16)12-20/h1-9,20H,12H2. The molecule has 3 nitrogen and oxygen atoms in total. The first-order chi connectivity index (χ1) is 9.78. The third kappa shape index (κ3) is 2.92. The lowest BCUT2D eigenvalue weighted by molar-refractivity contribution is 0.282. The van der Waals surface area contributed by atoms with Crippen LogP contribution in [0, 0.1) is 22.7 Å². The summed E-state index contributed by atoms with van der Waals surface area (Å²) in [5.74, 6) is 0. The van der Waals surface area contributed by atoms with Crippen LogP contribution in [-0.4, -0.2) is 5.11 Å². The first-order valence-electron chi connectivity index (χ1n) is 6.09. The second-order valence-corrected chi connectivity index (χ2v) is 4.23. The summed E-state index contributed by atoms with van der Waals surface area (Å²) in [5, 5.41) is 26.9. The molecule has 96 valence electrons. The summed E-state index contributed by atoms with van der Waals surface area (Å²) in [6.45, 7) is -0.0203. The maximum Gasteiger partial charge on any atom is 0.130 e. The highest BCUT2D eigenvalue weighted by molar-refractivity contribution is 5.78. The van der Waals surface area contributed by atoms with E-state index < -0.39 is 0 Å². The fourth-order valence-corrected chi connectivity index (χ4v) is 1.97. The number of aliphatic hydroxyl groups excluding tert-OH is 1. The molecule has 0 aliphatic rings. The van der Waals surface area contributed by atoms with Gasteiger partial charge in [0.2, 0.25) is 0 Å². The zero-order valence-electron chi connectivity index (χ0n) is 10.7. The molecule has 0 aromatic heterocycles. The molecular weight excluding hydrogens is 248 g/mol. The maximum atomic E-state index is 9.20. The van der Waals surface area contributed by atoms with E-state index in [-0.39, 0.29) is 12.2 Å². The molecule has 1 N–H and O–H groups in total. The Morgan fingerprint density at radius 2 is 1.80 bits per heavy atom. The predicted octanol–water partition coefficient (Wildman–Crippen LogP) is 3.28. The van der Waals surface area contributed by atoms with E-state index in [2.05, 4.69) is 0 Å². The molecule has 0 aliphatic heterocycles. The first kappa shape index (κ1) is 13.5. The Labute approximate surface area is 117 Å². The molecule has 0 spiro atoms. The van der Waals surface area contributed by atoms with E-state index in [1.54, 1.807) is 6.08 Å². The highest BCUT2D eigenvalue weighted by Crippen LogP contribution is 2.26. The van der Waals surface area contributed by atoms with Gasteiger partial charge in [-0.05, 0) is 34.4 Å². The summed E-state index contributed by atoms with van der Waals surface area (Å²) < 4.78 is 0. The van der Waals surface area contributed by atoms with Gasteiger partial charge in [0.15, 0.2) is 0 Å². The number of benzene rings is 2. The van der Waals surface area contributed by atoms with Crippen molar-refractivity contribution in [2.45, 2.75) is 6.61 Å². The van der Waals surface area contributed by atoms with Gasteiger partial charge in [0.25, 0.3) is 0 Å². The molecule has 0 fully saturated rings. The van der Waals surface area contributed by atoms with Crippen LogP contribution in [0.2, 0.25) is 0 Å². The van der Waals surface area contributed by atoms with Gasteiger partial charge < -0.3 is 5.11 Å². The van der Waals surface area contributed by atoms with Crippen LogP contribution in [0.25, 0.3) is 17.2 Å². The Hall–Kier alpha value is -2.88. The molecule has 0 bridgehead atoms. The van der Waals surface area contributed by atoms with Gasteiger partial charge in [-0.15, -0.1) is 0 Å². The minimum absolute atomic E-state index is 0.0203. The average Bonchev–Trinajstić information content (AvgIpc) is 2.53. The average molecular weight is 260 g/mol. The minimum Gasteiger partial charge on any atom is -0.392 e.